The number of thioether (sulfide) groups is 1. The Morgan fingerprint density at radius 2 is 2.06 bits per heavy atom. The molecule has 4 heteroatoms. The zero-order chi connectivity index (χ0) is 12.8. The predicted molar refractivity (Wildman–Crippen MR) is 75.2 cm³/mol. The fraction of sp³-hybridized carbons (Fsp3) is 0.692. The third-order valence-electron chi connectivity index (χ3n) is 2.56. The summed E-state index contributed by atoms with van der Waals surface area (Å²) in [5, 5.41) is 0.663. The Balaban J connectivity index is 2.68. The molecule has 1 rings (SSSR count). The van der Waals surface area contributed by atoms with Crippen molar-refractivity contribution in [1.82, 2.24) is 9.97 Å². The summed E-state index contributed by atoms with van der Waals surface area (Å²) >= 11 is 1.91. The van der Waals surface area contributed by atoms with Gasteiger partial charge in [0.15, 0.2) is 0 Å². The fourth-order valence-electron chi connectivity index (χ4n) is 1.53. The van der Waals surface area contributed by atoms with Crippen LogP contribution in [0.4, 0.5) is 0 Å². The van der Waals surface area contributed by atoms with Crippen molar-refractivity contribution in [3.63, 3.8) is 0 Å². The van der Waals surface area contributed by atoms with Crippen molar-refractivity contribution in [1.29, 1.82) is 0 Å². The van der Waals surface area contributed by atoms with Crippen molar-refractivity contribution < 1.29 is 0 Å². The van der Waals surface area contributed by atoms with E-state index in [1.807, 2.05) is 31.7 Å². The van der Waals surface area contributed by atoms with Crippen LogP contribution in [-0.2, 0) is 12.2 Å². The van der Waals surface area contributed by atoms with E-state index in [2.05, 4.69) is 23.8 Å². The summed E-state index contributed by atoms with van der Waals surface area (Å²) in [7, 11) is 0. The van der Waals surface area contributed by atoms with Crippen LogP contribution in [0.3, 0.4) is 0 Å². The highest BCUT2D eigenvalue weighted by molar-refractivity contribution is 7.99. The Kier molecular flexibility index (Phi) is 5.92. The van der Waals surface area contributed by atoms with Crippen molar-refractivity contribution in [2.75, 3.05) is 0 Å². The Labute approximate surface area is 109 Å². The average Bonchev–Trinajstić information content (AvgIpc) is 2.24. The second kappa shape index (κ2) is 6.97. The number of aromatic nitrogens is 2. The van der Waals surface area contributed by atoms with Crippen LogP contribution in [0.2, 0.25) is 0 Å². The van der Waals surface area contributed by atoms with E-state index in [0.717, 1.165) is 29.4 Å². The highest BCUT2D eigenvalue weighted by atomic mass is 32.2. The van der Waals surface area contributed by atoms with Gasteiger partial charge in [0.05, 0.1) is 5.75 Å². The molecular formula is C13H23N3S. The molecule has 96 valence electrons. The van der Waals surface area contributed by atoms with E-state index >= 15 is 0 Å². The van der Waals surface area contributed by atoms with Crippen molar-refractivity contribution >= 4 is 11.8 Å². The third kappa shape index (κ3) is 5.50. The van der Waals surface area contributed by atoms with E-state index in [4.69, 9.17) is 5.73 Å². The minimum atomic E-state index is 0.152. The maximum atomic E-state index is 5.80. The summed E-state index contributed by atoms with van der Waals surface area (Å²) in [5.74, 6) is 1.83. The van der Waals surface area contributed by atoms with E-state index in [0.29, 0.717) is 5.25 Å². The molecule has 0 amide bonds. The molecule has 0 saturated heterocycles. The molecule has 0 spiro atoms. The van der Waals surface area contributed by atoms with Gasteiger partial charge in [0.1, 0.15) is 5.82 Å². The zero-order valence-electron chi connectivity index (χ0n) is 11.2. The lowest BCUT2D eigenvalue weighted by Crippen LogP contribution is -2.19. The fourth-order valence-corrected chi connectivity index (χ4v) is 2.33. The molecule has 2 N–H and O–H groups in total. The lowest BCUT2D eigenvalue weighted by atomic mass is 10.2. The average molecular weight is 253 g/mol. The quantitative estimate of drug-likeness (QED) is 0.847. The van der Waals surface area contributed by atoms with Gasteiger partial charge in [-0.15, -0.1) is 0 Å². The monoisotopic (exact) mass is 253 g/mol. The first-order chi connectivity index (χ1) is 8.01. The smallest absolute Gasteiger partial charge is 0.138 e. The number of nitrogens with zero attached hydrogens (tertiary/aromatic N) is 2. The van der Waals surface area contributed by atoms with Crippen LogP contribution in [-0.4, -0.2) is 21.3 Å². The molecule has 0 radical (unpaired) electrons. The summed E-state index contributed by atoms with van der Waals surface area (Å²) in [6.07, 6.45) is 2.01. The lowest BCUT2D eigenvalue weighted by molar-refractivity contribution is 0.713. The number of hydrogen-bond donors (Lipinski definition) is 1. The molecule has 0 bridgehead atoms. The summed E-state index contributed by atoms with van der Waals surface area (Å²) in [4.78, 5) is 9.04. The Morgan fingerprint density at radius 3 is 2.65 bits per heavy atom. The van der Waals surface area contributed by atoms with Crippen LogP contribution in [0.5, 0.6) is 0 Å². The first-order valence-corrected chi connectivity index (χ1v) is 7.26. The Morgan fingerprint density at radius 1 is 1.35 bits per heavy atom. The molecule has 0 aliphatic heterocycles. The molecular weight excluding hydrogens is 230 g/mol. The van der Waals surface area contributed by atoms with Gasteiger partial charge >= 0.3 is 0 Å². The van der Waals surface area contributed by atoms with E-state index < -0.39 is 0 Å². The third-order valence-corrected chi connectivity index (χ3v) is 3.88. The van der Waals surface area contributed by atoms with E-state index in [1.165, 1.54) is 6.42 Å². The number of nitrogens with two attached hydrogens (primary N) is 1. The summed E-state index contributed by atoms with van der Waals surface area (Å²) in [5.41, 5.74) is 7.90. The summed E-state index contributed by atoms with van der Waals surface area (Å²) < 4.78 is 0. The van der Waals surface area contributed by atoms with Gasteiger partial charge in [0.25, 0.3) is 0 Å². The van der Waals surface area contributed by atoms with Crippen molar-refractivity contribution in [3.05, 3.63) is 23.3 Å². The normalized spacial score (nSPS) is 14.6. The highest BCUT2D eigenvalue weighted by Crippen LogP contribution is 2.18. The largest absolute Gasteiger partial charge is 0.328 e. The predicted octanol–water partition coefficient (Wildman–Crippen LogP) is 2.71. The molecule has 0 fully saturated rings. The standard InChI is InChI=1S/C13H23N3S/c1-5-11(4)17-8-13-15-10(3)7-12(16-13)6-9(2)14/h7,9,11H,5-6,8,14H2,1-4H3. The Hall–Kier alpha value is -0.610. The van der Waals surface area contributed by atoms with Gasteiger partial charge in [-0.05, 0) is 26.3 Å². The number of rotatable bonds is 6. The van der Waals surface area contributed by atoms with Gasteiger partial charge < -0.3 is 5.73 Å². The van der Waals surface area contributed by atoms with Crippen LogP contribution < -0.4 is 5.73 Å². The number of aryl methyl sites for hydroxylation is 1. The molecule has 1 heterocycles. The van der Waals surface area contributed by atoms with E-state index in [1.54, 1.807) is 0 Å². The van der Waals surface area contributed by atoms with Gasteiger partial charge in [-0.25, -0.2) is 9.97 Å². The molecule has 0 saturated carbocycles. The van der Waals surface area contributed by atoms with Crippen LogP contribution in [0.15, 0.2) is 6.07 Å². The molecule has 2 unspecified atom stereocenters. The van der Waals surface area contributed by atoms with Gasteiger partial charge in [0, 0.05) is 29.1 Å². The lowest BCUT2D eigenvalue weighted by Gasteiger charge is -2.10. The van der Waals surface area contributed by atoms with Crippen LogP contribution in [0.1, 0.15) is 44.4 Å². The van der Waals surface area contributed by atoms with Gasteiger partial charge in [-0.1, -0.05) is 13.8 Å². The van der Waals surface area contributed by atoms with Crippen molar-refractivity contribution in [3.8, 4) is 0 Å². The molecule has 1 aromatic heterocycles. The van der Waals surface area contributed by atoms with Crippen LogP contribution in [0.25, 0.3) is 0 Å². The second-order valence-electron chi connectivity index (χ2n) is 4.63. The molecule has 0 aromatic carbocycles. The molecule has 0 aliphatic rings. The Bertz CT molecular complexity index is 353. The first-order valence-electron chi connectivity index (χ1n) is 6.21. The van der Waals surface area contributed by atoms with Crippen molar-refractivity contribution in [2.24, 2.45) is 5.73 Å². The second-order valence-corrected chi connectivity index (χ2v) is 6.05. The van der Waals surface area contributed by atoms with Crippen LogP contribution in [0, 0.1) is 6.92 Å². The van der Waals surface area contributed by atoms with Gasteiger partial charge in [-0.3, -0.25) is 0 Å². The topological polar surface area (TPSA) is 51.8 Å². The number of hydrogen-bond acceptors (Lipinski definition) is 4. The maximum Gasteiger partial charge on any atom is 0.138 e. The zero-order valence-corrected chi connectivity index (χ0v) is 12.0. The molecule has 2 atom stereocenters. The first kappa shape index (κ1) is 14.5. The SMILES string of the molecule is CCC(C)SCc1nc(C)cc(CC(C)N)n1. The summed E-state index contributed by atoms with van der Waals surface area (Å²) in [6, 6.07) is 2.18. The van der Waals surface area contributed by atoms with Gasteiger partial charge in [0.2, 0.25) is 0 Å². The molecule has 0 aliphatic carbocycles. The maximum absolute atomic E-state index is 5.80. The molecule has 17 heavy (non-hydrogen) atoms. The minimum Gasteiger partial charge on any atom is -0.328 e. The van der Waals surface area contributed by atoms with E-state index in [9.17, 15) is 0 Å². The summed E-state index contributed by atoms with van der Waals surface area (Å²) in [6.45, 7) is 8.47. The van der Waals surface area contributed by atoms with Crippen LogP contribution >= 0.6 is 11.8 Å². The van der Waals surface area contributed by atoms with E-state index in [-0.39, 0.29) is 6.04 Å². The van der Waals surface area contributed by atoms with Crippen molar-refractivity contribution in [2.45, 2.75) is 57.6 Å². The van der Waals surface area contributed by atoms with Gasteiger partial charge in [-0.2, -0.15) is 11.8 Å². The minimum absolute atomic E-state index is 0.152. The molecule has 3 nitrogen and oxygen atoms in total. The highest BCUT2D eigenvalue weighted by Gasteiger charge is 2.06. The molecule has 1 aromatic rings.